The van der Waals surface area contributed by atoms with Crippen molar-refractivity contribution in [3.8, 4) is 0 Å². The molecule has 0 radical (unpaired) electrons. The van der Waals surface area contributed by atoms with E-state index in [-0.39, 0.29) is 0 Å². The van der Waals surface area contributed by atoms with Crippen molar-refractivity contribution in [1.82, 2.24) is 4.90 Å². The van der Waals surface area contributed by atoms with Crippen LogP contribution in [-0.4, -0.2) is 29.9 Å². The Morgan fingerprint density at radius 1 is 1.19 bits per heavy atom. The van der Waals surface area contributed by atoms with Crippen molar-refractivity contribution in [2.45, 2.75) is 47.0 Å². The molecule has 1 unspecified atom stereocenters. The number of alkyl halides is 1. The molecule has 0 aliphatic carbocycles. The fourth-order valence-corrected chi connectivity index (χ4v) is 3.38. The van der Waals surface area contributed by atoms with Gasteiger partial charge in [0.2, 0.25) is 0 Å². The van der Waals surface area contributed by atoms with E-state index in [4.69, 9.17) is 0 Å². The second kappa shape index (κ2) is 6.39. The molecule has 16 heavy (non-hydrogen) atoms. The van der Waals surface area contributed by atoms with Gasteiger partial charge in [-0.3, -0.25) is 0 Å². The molecule has 1 nitrogen and oxygen atoms in total. The molecule has 0 N–H and O–H groups in total. The van der Waals surface area contributed by atoms with Crippen molar-refractivity contribution < 1.29 is 0 Å². The van der Waals surface area contributed by atoms with Crippen molar-refractivity contribution in [3.05, 3.63) is 0 Å². The first-order valence-corrected chi connectivity index (χ1v) is 7.85. The summed E-state index contributed by atoms with van der Waals surface area (Å²) in [7, 11) is 0. The fraction of sp³-hybridized carbons (Fsp3) is 1.00. The van der Waals surface area contributed by atoms with Gasteiger partial charge < -0.3 is 4.90 Å². The van der Waals surface area contributed by atoms with Gasteiger partial charge in [-0.2, -0.15) is 0 Å². The van der Waals surface area contributed by atoms with E-state index >= 15 is 0 Å². The maximum absolute atomic E-state index is 3.66. The zero-order chi connectivity index (χ0) is 12.2. The lowest BCUT2D eigenvalue weighted by atomic mass is 9.85. The van der Waals surface area contributed by atoms with Crippen molar-refractivity contribution >= 4 is 15.9 Å². The van der Waals surface area contributed by atoms with Gasteiger partial charge in [-0.05, 0) is 49.6 Å². The summed E-state index contributed by atoms with van der Waals surface area (Å²) in [5.41, 5.74) is 0.566. The van der Waals surface area contributed by atoms with Gasteiger partial charge in [-0.15, -0.1) is 0 Å². The molecule has 1 aliphatic heterocycles. The third kappa shape index (κ3) is 4.75. The van der Waals surface area contributed by atoms with E-state index in [9.17, 15) is 0 Å². The molecule has 1 rings (SSSR count). The minimum Gasteiger partial charge on any atom is -0.303 e. The van der Waals surface area contributed by atoms with Crippen molar-refractivity contribution in [2.24, 2.45) is 17.3 Å². The highest BCUT2D eigenvalue weighted by molar-refractivity contribution is 9.09. The topological polar surface area (TPSA) is 3.24 Å². The van der Waals surface area contributed by atoms with Crippen LogP contribution in [0.1, 0.15) is 47.0 Å². The van der Waals surface area contributed by atoms with Crippen LogP contribution in [0.4, 0.5) is 0 Å². The SMILES string of the molecule is CC(C)C(CBr)CN1CCCC(C)(C)CC1. The summed E-state index contributed by atoms with van der Waals surface area (Å²) in [5, 5.41) is 1.14. The Morgan fingerprint density at radius 3 is 2.44 bits per heavy atom. The van der Waals surface area contributed by atoms with Crippen LogP contribution in [0.2, 0.25) is 0 Å². The molecule has 1 aliphatic rings. The predicted molar refractivity (Wildman–Crippen MR) is 76.2 cm³/mol. The van der Waals surface area contributed by atoms with Crippen LogP contribution in [0.15, 0.2) is 0 Å². The normalized spacial score (nSPS) is 24.4. The quantitative estimate of drug-likeness (QED) is 0.703. The lowest BCUT2D eigenvalue weighted by Crippen LogP contribution is -2.33. The summed E-state index contributed by atoms with van der Waals surface area (Å²) in [6.07, 6.45) is 4.13. The Balaban J connectivity index is 2.43. The summed E-state index contributed by atoms with van der Waals surface area (Å²) in [5.74, 6) is 1.59. The molecular weight excluding hydrogens is 262 g/mol. The van der Waals surface area contributed by atoms with Crippen LogP contribution in [0, 0.1) is 17.3 Å². The highest BCUT2D eigenvalue weighted by Gasteiger charge is 2.24. The molecule has 2 heteroatoms. The molecule has 0 bridgehead atoms. The first-order valence-electron chi connectivity index (χ1n) is 6.73. The van der Waals surface area contributed by atoms with Crippen LogP contribution in [0.3, 0.4) is 0 Å². The van der Waals surface area contributed by atoms with Gasteiger partial charge in [-0.25, -0.2) is 0 Å². The van der Waals surface area contributed by atoms with E-state index < -0.39 is 0 Å². The van der Waals surface area contributed by atoms with Crippen LogP contribution in [0.25, 0.3) is 0 Å². The Morgan fingerprint density at radius 2 is 1.88 bits per heavy atom. The summed E-state index contributed by atoms with van der Waals surface area (Å²) in [6.45, 7) is 13.4. The Bertz CT molecular complexity index is 201. The van der Waals surface area contributed by atoms with E-state index in [1.54, 1.807) is 0 Å². The first kappa shape index (κ1) is 14.5. The Labute approximate surface area is 110 Å². The van der Waals surface area contributed by atoms with E-state index in [0.29, 0.717) is 5.41 Å². The van der Waals surface area contributed by atoms with Crippen molar-refractivity contribution in [1.29, 1.82) is 0 Å². The molecule has 0 amide bonds. The standard InChI is InChI=1S/C14H28BrN/c1-12(2)13(10-15)11-16-8-5-6-14(3,4)7-9-16/h12-13H,5-11H2,1-4H3. The second-order valence-corrected chi connectivity index (χ2v) is 7.12. The van der Waals surface area contributed by atoms with Gasteiger partial charge in [0.15, 0.2) is 0 Å². The molecule has 1 atom stereocenters. The lowest BCUT2D eigenvalue weighted by molar-refractivity contribution is 0.212. The van der Waals surface area contributed by atoms with Gasteiger partial charge in [0.1, 0.15) is 0 Å². The molecule has 1 saturated heterocycles. The largest absolute Gasteiger partial charge is 0.303 e. The van der Waals surface area contributed by atoms with E-state index in [1.807, 2.05) is 0 Å². The maximum Gasteiger partial charge on any atom is 0.00743 e. The number of rotatable bonds is 4. The van der Waals surface area contributed by atoms with Crippen molar-refractivity contribution in [2.75, 3.05) is 25.0 Å². The number of nitrogens with zero attached hydrogens (tertiary/aromatic N) is 1. The summed E-state index contributed by atoms with van der Waals surface area (Å²) in [4.78, 5) is 2.68. The molecule has 0 aromatic heterocycles. The van der Waals surface area contributed by atoms with Gasteiger partial charge >= 0.3 is 0 Å². The minimum atomic E-state index is 0.566. The predicted octanol–water partition coefficient (Wildman–Crippen LogP) is 4.17. The third-order valence-corrected chi connectivity index (χ3v) is 4.90. The summed E-state index contributed by atoms with van der Waals surface area (Å²) < 4.78 is 0. The van der Waals surface area contributed by atoms with Gasteiger partial charge in [0, 0.05) is 11.9 Å². The van der Waals surface area contributed by atoms with E-state index in [1.165, 1.54) is 38.9 Å². The smallest absolute Gasteiger partial charge is 0.00743 e. The Kier molecular flexibility index (Phi) is 5.79. The number of likely N-dealkylation sites (tertiary alicyclic amines) is 1. The average Bonchev–Trinajstić information content (AvgIpc) is 2.36. The molecule has 0 saturated carbocycles. The number of hydrogen-bond acceptors (Lipinski definition) is 1. The van der Waals surface area contributed by atoms with E-state index in [2.05, 4.69) is 48.5 Å². The van der Waals surface area contributed by atoms with E-state index in [0.717, 1.165) is 17.2 Å². The third-order valence-electron chi connectivity index (χ3n) is 4.07. The second-order valence-electron chi connectivity index (χ2n) is 6.48. The molecular formula is C14H28BrN. The molecule has 1 fully saturated rings. The van der Waals surface area contributed by atoms with Crippen LogP contribution in [0.5, 0.6) is 0 Å². The van der Waals surface area contributed by atoms with Gasteiger partial charge in [0.05, 0.1) is 0 Å². The highest BCUT2D eigenvalue weighted by atomic mass is 79.9. The first-order chi connectivity index (χ1) is 7.44. The minimum absolute atomic E-state index is 0.566. The van der Waals surface area contributed by atoms with Crippen LogP contribution >= 0.6 is 15.9 Å². The molecule has 0 spiro atoms. The summed E-state index contributed by atoms with van der Waals surface area (Å²) in [6, 6.07) is 0. The summed E-state index contributed by atoms with van der Waals surface area (Å²) >= 11 is 3.66. The number of hydrogen-bond donors (Lipinski definition) is 0. The highest BCUT2D eigenvalue weighted by Crippen LogP contribution is 2.30. The zero-order valence-electron chi connectivity index (χ0n) is 11.4. The molecule has 96 valence electrons. The van der Waals surface area contributed by atoms with Crippen molar-refractivity contribution in [3.63, 3.8) is 0 Å². The van der Waals surface area contributed by atoms with Crippen LogP contribution in [-0.2, 0) is 0 Å². The Hall–Kier alpha value is 0.440. The monoisotopic (exact) mass is 289 g/mol. The fourth-order valence-electron chi connectivity index (χ4n) is 2.43. The average molecular weight is 290 g/mol. The molecule has 1 heterocycles. The number of halogens is 1. The molecule has 0 aromatic carbocycles. The van der Waals surface area contributed by atoms with Gasteiger partial charge in [-0.1, -0.05) is 43.6 Å². The molecule has 0 aromatic rings. The van der Waals surface area contributed by atoms with Gasteiger partial charge in [0.25, 0.3) is 0 Å². The van der Waals surface area contributed by atoms with Crippen LogP contribution < -0.4 is 0 Å². The lowest BCUT2D eigenvalue weighted by Gasteiger charge is -2.28. The maximum atomic E-state index is 3.66. The zero-order valence-corrected chi connectivity index (χ0v) is 13.0.